The molecule has 6 heteroatoms. The second kappa shape index (κ2) is 6.58. The normalized spacial score (nSPS) is 11.5. The smallest absolute Gasteiger partial charge is 0.321 e. The summed E-state index contributed by atoms with van der Waals surface area (Å²) in [6, 6.07) is 4.48. The van der Waals surface area contributed by atoms with E-state index in [-0.39, 0.29) is 5.82 Å². The highest BCUT2D eigenvalue weighted by Crippen LogP contribution is 2.09. The molecule has 0 aliphatic carbocycles. The molecule has 0 radical (unpaired) electrons. The van der Waals surface area contributed by atoms with E-state index >= 15 is 0 Å². The highest BCUT2D eigenvalue weighted by molar-refractivity contribution is 5.97. The second-order valence-electron chi connectivity index (χ2n) is 3.72. The third kappa shape index (κ3) is 4.40. The maximum absolute atomic E-state index is 12.7. The molecule has 1 aromatic carbocycles. The lowest BCUT2D eigenvalue weighted by Crippen LogP contribution is -2.45. The van der Waals surface area contributed by atoms with Crippen LogP contribution < -0.4 is 16.0 Å². The Hall–Kier alpha value is -2.11. The first-order valence-corrected chi connectivity index (χ1v) is 5.63. The summed E-state index contributed by atoms with van der Waals surface area (Å²) in [5.41, 5.74) is 0.606. The van der Waals surface area contributed by atoms with Crippen molar-refractivity contribution in [2.24, 2.45) is 0 Å². The van der Waals surface area contributed by atoms with Crippen LogP contribution in [-0.2, 0) is 4.79 Å². The molecular weight excluding hydrogens is 237 g/mol. The van der Waals surface area contributed by atoms with Crippen molar-refractivity contribution in [1.29, 1.82) is 0 Å². The van der Waals surface area contributed by atoms with E-state index in [9.17, 15) is 14.0 Å². The van der Waals surface area contributed by atoms with Gasteiger partial charge in [-0.3, -0.25) is 10.1 Å². The van der Waals surface area contributed by atoms with Crippen LogP contribution in [0.1, 0.15) is 13.8 Å². The average molecular weight is 253 g/mol. The van der Waals surface area contributed by atoms with Crippen LogP contribution in [0.2, 0.25) is 0 Å². The Labute approximate surface area is 105 Å². The maximum atomic E-state index is 12.7. The van der Waals surface area contributed by atoms with Crippen LogP contribution in [0.3, 0.4) is 0 Å². The highest BCUT2D eigenvalue weighted by atomic mass is 19.1. The van der Waals surface area contributed by atoms with Crippen LogP contribution in [0.15, 0.2) is 24.3 Å². The van der Waals surface area contributed by atoms with Gasteiger partial charge in [-0.1, -0.05) is 0 Å². The summed E-state index contributed by atoms with van der Waals surface area (Å²) in [7, 11) is 0. The van der Waals surface area contributed by atoms with Crippen molar-refractivity contribution in [2.45, 2.75) is 19.9 Å². The Kier molecular flexibility index (Phi) is 5.10. The molecule has 0 aliphatic heterocycles. The number of hydrogen-bond donors (Lipinski definition) is 3. The van der Waals surface area contributed by atoms with E-state index in [0.29, 0.717) is 12.2 Å². The lowest BCUT2D eigenvalue weighted by atomic mass is 10.2. The number of carbonyl (C=O) groups excluding carboxylic acids is 2. The van der Waals surface area contributed by atoms with Gasteiger partial charge in [0.25, 0.3) is 0 Å². The Balaban J connectivity index is 2.49. The van der Waals surface area contributed by atoms with Crippen molar-refractivity contribution < 1.29 is 14.0 Å². The summed E-state index contributed by atoms with van der Waals surface area (Å²) in [4.78, 5) is 22.7. The molecule has 1 unspecified atom stereocenters. The third-order valence-electron chi connectivity index (χ3n) is 2.19. The molecule has 18 heavy (non-hydrogen) atoms. The molecule has 0 saturated carbocycles. The van der Waals surface area contributed by atoms with Crippen molar-refractivity contribution in [3.05, 3.63) is 30.1 Å². The number of benzene rings is 1. The van der Waals surface area contributed by atoms with Gasteiger partial charge in [-0.15, -0.1) is 0 Å². The minimum atomic E-state index is -0.599. The van der Waals surface area contributed by atoms with Crippen molar-refractivity contribution >= 4 is 17.6 Å². The van der Waals surface area contributed by atoms with Gasteiger partial charge in [-0.2, -0.15) is 0 Å². The molecule has 0 spiro atoms. The zero-order valence-electron chi connectivity index (χ0n) is 10.3. The first kappa shape index (κ1) is 14.0. The number of hydrogen-bond acceptors (Lipinski definition) is 3. The van der Waals surface area contributed by atoms with Gasteiger partial charge in [-0.25, -0.2) is 9.18 Å². The number of halogens is 1. The SMILES string of the molecule is CCNC(=O)NC(=O)C(C)Nc1ccc(F)cc1. The van der Waals surface area contributed by atoms with Gasteiger partial charge in [0.05, 0.1) is 0 Å². The molecule has 0 aliphatic rings. The van der Waals surface area contributed by atoms with Gasteiger partial charge in [0.2, 0.25) is 5.91 Å². The van der Waals surface area contributed by atoms with Gasteiger partial charge in [0.15, 0.2) is 0 Å². The van der Waals surface area contributed by atoms with E-state index in [1.165, 1.54) is 24.3 Å². The number of rotatable bonds is 4. The Morgan fingerprint density at radius 2 is 1.89 bits per heavy atom. The first-order chi connectivity index (χ1) is 8.52. The number of anilines is 1. The quantitative estimate of drug-likeness (QED) is 0.761. The summed E-state index contributed by atoms with van der Waals surface area (Å²) >= 11 is 0. The molecule has 1 rings (SSSR count). The standard InChI is InChI=1S/C12H16FN3O2/c1-3-14-12(18)16-11(17)8(2)15-10-6-4-9(13)5-7-10/h4-8,15H,3H2,1-2H3,(H2,14,16,17,18). The van der Waals surface area contributed by atoms with E-state index in [4.69, 9.17) is 0 Å². The van der Waals surface area contributed by atoms with Crippen LogP contribution in [0.5, 0.6) is 0 Å². The number of imide groups is 1. The second-order valence-corrected chi connectivity index (χ2v) is 3.72. The van der Waals surface area contributed by atoms with Crippen LogP contribution in [0.25, 0.3) is 0 Å². The fraction of sp³-hybridized carbons (Fsp3) is 0.333. The third-order valence-corrected chi connectivity index (χ3v) is 2.19. The summed E-state index contributed by atoms with van der Waals surface area (Å²) in [5.74, 6) is -0.801. The first-order valence-electron chi connectivity index (χ1n) is 5.63. The molecule has 5 nitrogen and oxygen atoms in total. The summed E-state index contributed by atoms with van der Waals surface area (Å²) in [6.07, 6.45) is 0. The average Bonchev–Trinajstić information content (AvgIpc) is 2.32. The fourth-order valence-electron chi connectivity index (χ4n) is 1.29. The molecule has 3 amide bonds. The largest absolute Gasteiger partial charge is 0.374 e. The van der Waals surface area contributed by atoms with E-state index in [2.05, 4.69) is 16.0 Å². The topological polar surface area (TPSA) is 70.2 Å². The highest BCUT2D eigenvalue weighted by Gasteiger charge is 2.14. The molecule has 98 valence electrons. The van der Waals surface area contributed by atoms with Gasteiger partial charge in [0, 0.05) is 12.2 Å². The van der Waals surface area contributed by atoms with E-state index < -0.39 is 18.0 Å². The van der Waals surface area contributed by atoms with Crippen molar-refractivity contribution in [3.63, 3.8) is 0 Å². The van der Waals surface area contributed by atoms with Crippen molar-refractivity contribution in [2.75, 3.05) is 11.9 Å². The molecule has 0 bridgehead atoms. The summed E-state index contributed by atoms with van der Waals surface area (Å²) in [5, 5.41) is 7.50. The minimum absolute atomic E-state index is 0.347. The lowest BCUT2D eigenvalue weighted by Gasteiger charge is -2.14. The molecule has 0 saturated heterocycles. The zero-order chi connectivity index (χ0) is 13.5. The summed E-state index contributed by atoms with van der Waals surface area (Å²) in [6.45, 7) is 3.81. The fourth-order valence-corrected chi connectivity index (χ4v) is 1.29. The van der Waals surface area contributed by atoms with Crippen LogP contribution in [0, 0.1) is 5.82 Å². The molecule has 0 aromatic heterocycles. The molecular formula is C12H16FN3O2. The number of urea groups is 1. The number of carbonyl (C=O) groups is 2. The summed E-state index contributed by atoms with van der Waals surface area (Å²) < 4.78 is 12.7. The molecule has 3 N–H and O–H groups in total. The van der Waals surface area contributed by atoms with E-state index in [1.807, 2.05) is 0 Å². The van der Waals surface area contributed by atoms with Gasteiger partial charge in [-0.05, 0) is 38.1 Å². The van der Waals surface area contributed by atoms with Crippen LogP contribution in [-0.4, -0.2) is 24.5 Å². The van der Waals surface area contributed by atoms with E-state index in [0.717, 1.165) is 0 Å². The predicted octanol–water partition coefficient (Wildman–Crippen LogP) is 1.47. The number of nitrogens with one attached hydrogen (secondary N) is 3. The van der Waals surface area contributed by atoms with Gasteiger partial charge >= 0.3 is 6.03 Å². The van der Waals surface area contributed by atoms with Crippen molar-refractivity contribution in [1.82, 2.24) is 10.6 Å². The van der Waals surface area contributed by atoms with E-state index in [1.54, 1.807) is 13.8 Å². The molecule has 0 fully saturated rings. The number of amides is 3. The molecule has 1 aromatic rings. The monoisotopic (exact) mass is 253 g/mol. The predicted molar refractivity (Wildman–Crippen MR) is 66.7 cm³/mol. The van der Waals surface area contributed by atoms with Crippen LogP contribution >= 0.6 is 0 Å². The molecule has 0 heterocycles. The van der Waals surface area contributed by atoms with Crippen molar-refractivity contribution in [3.8, 4) is 0 Å². The maximum Gasteiger partial charge on any atom is 0.321 e. The Bertz CT molecular complexity index is 420. The zero-order valence-corrected chi connectivity index (χ0v) is 10.3. The van der Waals surface area contributed by atoms with Gasteiger partial charge in [0.1, 0.15) is 11.9 Å². The Morgan fingerprint density at radius 1 is 1.28 bits per heavy atom. The Morgan fingerprint density at radius 3 is 2.44 bits per heavy atom. The minimum Gasteiger partial charge on any atom is -0.374 e. The van der Waals surface area contributed by atoms with Gasteiger partial charge < -0.3 is 10.6 Å². The molecule has 1 atom stereocenters. The lowest BCUT2D eigenvalue weighted by molar-refractivity contribution is -0.120. The van der Waals surface area contributed by atoms with Crippen LogP contribution in [0.4, 0.5) is 14.9 Å².